The number of ketones is 1. The third-order valence-corrected chi connectivity index (χ3v) is 4.92. The number of carbonyl (C=O) groups excluding carboxylic acids is 2. The van der Waals surface area contributed by atoms with Crippen LogP contribution in [0.5, 0.6) is 0 Å². The Hall–Kier alpha value is -2.16. The lowest BCUT2D eigenvalue weighted by Gasteiger charge is -2.23. The molecule has 3 nitrogen and oxygen atoms in total. The van der Waals surface area contributed by atoms with Crippen LogP contribution < -0.4 is 0 Å². The molecule has 0 unspecified atom stereocenters. The van der Waals surface area contributed by atoms with Crippen molar-refractivity contribution >= 4 is 22.5 Å². The standard InChI is InChI=1S/C18H16O3/c19-16-8-15-11-21-17(20)18(15,10-16)9-12-5-6-13-3-1-2-4-14(13)7-12/h1-7,15H,8-11H2/t15-,18+/m1/s1. The maximum atomic E-state index is 12.2. The molecule has 2 aromatic rings. The normalized spacial score (nSPS) is 27.9. The number of ether oxygens (including phenoxy) is 1. The first kappa shape index (κ1) is 12.6. The zero-order valence-corrected chi connectivity index (χ0v) is 11.7. The van der Waals surface area contributed by atoms with E-state index in [1.165, 1.54) is 10.8 Å². The lowest BCUT2D eigenvalue weighted by molar-refractivity contribution is -0.147. The molecular formula is C18H16O3. The molecule has 0 aromatic heterocycles. The molecule has 1 aliphatic heterocycles. The topological polar surface area (TPSA) is 43.4 Å². The first-order chi connectivity index (χ1) is 10.2. The number of carbonyl (C=O) groups is 2. The maximum absolute atomic E-state index is 12.2. The summed E-state index contributed by atoms with van der Waals surface area (Å²) in [5.74, 6) is 0.0629. The molecule has 2 atom stereocenters. The predicted molar refractivity (Wildman–Crippen MR) is 78.8 cm³/mol. The number of hydrogen-bond donors (Lipinski definition) is 0. The van der Waals surface area contributed by atoms with Gasteiger partial charge >= 0.3 is 5.97 Å². The highest BCUT2D eigenvalue weighted by molar-refractivity contribution is 5.93. The van der Waals surface area contributed by atoms with Crippen molar-refractivity contribution in [2.75, 3.05) is 6.61 Å². The van der Waals surface area contributed by atoms with E-state index in [0.717, 1.165) is 5.56 Å². The summed E-state index contributed by atoms with van der Waals surface area (Å²) in [7, 11) is 0. The van der Waals surface area contributed by atoms with Crippen molar-refractivity contribution in [2.45, 2.75) is 19.3 Å². The van der Waals surface area contributed by atoms with Crippen LogP contribution in [0.3, 0.4) is 0 Å². The van der Waals surface area contributed by atoms with Crippen LogP contribution in [0.4, 0.5) is 0 Å². The maximum Gasteiger partial charge on any atom is 0.313 e. The molecular weight excluding hydrogens is 264 g/mol. The molecule has 1 saturated heterocycles. The third-order valence-electron chi connectivity index (χ3n) is 4.92. The molecule has 1 aliphatic carbocycles. The minimum atomic E-state index is -0.612. The number of Topliss-reactive ketones (excluding diaryl/α,β-unsaturated/α-hetero) is 1. The summed E-state index contributed by atoms with van der Waals surface area (Å²) in [6.45, 7) is 0.401. The summed E-state index contributed by atoms with van der Waals surface area (Å²) < 4.78 is 5.24. The Labute approximate surface area is 122 Å². The summed E-state index contributed by atoms with van der Waals surface area (Å²) >= 11 is 0. The molecule has 4 rings (SSSR count). The molecule has 1 saturated carbocycles. The van der Waals surface area contributed by atoms with Gasteiger partial charge in [0.05, 0.1) is 12.0 Å². The quantitative estimate of drug-likeness (QED) is 0.794. The van der Waals surface area contributed by atoms with Gasteiger partial charge in [0.15, 0.2) is 0 Å². The number of benzene rings is 2. The molecule has 0 N–H and O–H groups in total. The van der Waals surface area contributed by atoms with Crippen LogP contribution in [0.2, 0.25) is 0 Å². The van der Waals surface area contributed by atoms with E-state index in [9.17, 15) is 9.59 Å². The Bertz CT molecular complexity index is 749. The molecule has 2 aliphatic rings. The largest absolute Gasteiger partial charge is 0.465 e. The average Bonchev–Trinajstić information content (AvgIpc) is 2.94. The second-order valence-electron chi connectivity index (χ2n) is 6.23. The fourth-order valence-electron chi connectivity index (χ4n) is 3.81. The van der Waals surface area contributed by atoms with Crippen LogP contribution >= 0.6 is 0 Å². The molecule has 0 spiro atoms. The van der Waals surface area contributed by atoms with Crippen LogP contribution in [-0.2, 0) is 20.7 Å². The van der Waals surface area contributed by atoms with Crippen molar-refractivity contribution in [3.63, 3.8) is 0 Å². The molecule has 0 radical (unpaired) electrons. The second kappa shape index (κ2) is 4.42. The Kier molecular flexibility index (Phi) is 2.64. The zero-order valence-electron chi connectivity index (χ0n) is 11.7. The summed E-state index contributed by atoms with van der Waals surface area (Å²) in [5, 5.41) is 2.35. The van der Waals surface area contributed by atoms with Gasteiger partial charge in [0.25, 0.3) is 0 Å². The van der Waals surface area contributed by atoms with Gasteiger partial charge in [-0.15, -0.1) is 0 Å². The summed E-state index contributed by atoms with van der Waals surface area (Å²) in [6.07, 6.45) is 1.43. The average molecular weight is 280 g/mol. The van der Waals surface area contributed by atoms with E-state index in [4.69, 9.17) is 4.74 Å². The van der Waals surface area contributed by atoms with E-state index >= 15 is 0 Å². The van der Waals surface area contributed by atoms with E-state index in [2.05, 4.69) is 30.3 Å². The monoisotopic (exact) mass is 280 g/mol. The minimum absolute atomic E-state index is 0.0592. The van der Waals surface area contributed by atoms with Crippen LogP contribution in [0.1, 0.15) is 18.4 Å². The molecule has 2 aromatic carbocycles. The predicted octanol–water partition coefficient (Wildman–Crippen LogP) is 2.90. The van der Waals surface area contributed by atoms with Crippen LogP contribution in [-0.4, -0.2) is 18.4 Å². The van der Waals surface area contributed by atoms with E-state index < -0.39 is 5.41 Å². The lowest BCUT2D eigenvalue weighted by Crippen LogP contribution is -2.31. The fourth-order valence-corrected chi connectivity index (χ4v) is 3.81. The van der Waals surface area contributed by atoms with Gasteiger partial charge in [-0.25, -0.2) is 0 Å². The molecule has 0 amide bonds. The van der Waals surface area contributed by atoms with Crippen LogP contribution in [0.25, 0.3) is 10.8 Å². The number of cyclic esters (lactones) is 1. The molecule has 106 valence electrons. The Morgan fingerprint density at radius 1 is 1.10 bits per heavy atom. The van der Waals surface area contributed by atoms with Crippen molar-refractivity contribution in [3.8, 4) is 0 Å². The van der Waals surface area contributed by atoms with E-state index in [1.54, 1.807) is 0 Å². The van der Waals surface area contributed by atoms with Gasteiger partial charge in [-0.1, -0.05) is 42.5 Å². The van der Waals surface area contributed by atoms with Crippen molar-refractivity contribution in [1.82, 2.24) is 0 Å². The number of hydrogen-bond acceptors (Lipinski definition) is 3. The van der Waals surface area contributed by atoms with E-state index in [0.29, 0.717) is 25.9 Å². The van der Waals surface area contributed by atoms with Gasteiger partial charge in [-0.3, -0.25) is 9.59 Å². The van der Waals surface area contributed by atoms with Gasteiger partial charge in [-0.05, 0) is 22.8 Å². The van der Waals surface area contributed by atoms with Crippen molar-refractivity contribution in [2.24, 2.45) is 11.3 Å². The molecule has 3 heteroatoms. The lowest BCUT2D eigenvalue weighted by atomic mass is 9.75. The highest BCUT2D eigenvalue weighted by Crippen LogP contribution is 2.49. The number of fused-ring (bicyclic) bond motifs is 2. The summed E-state index contributed by atoms with van der Waals surface area (Å²) in [4.78, 5) is 24.0. The Balaban J connectivity index is 1.73. The SMILES string of the molecule is O=C1C[C@@H]2COC(=O)[C@@]2(Cc2ccc3ccccc3c2)C1. The molecule has 2 fully saturated rings. The first-order valence-electron chi connectivity index (χ1n) is 7.34. The first-order valence-corrected chi connectivity index (χ1v) is 7.34. The fraction of sp³-hybridized carbons (Fsp3) is 0.333. The van der Waals surface area contributed by atoms with Crippen molar-refractivity contribution < 1.29 is 14.3 Å². The van der Waals surface area contributed by atoms with E-state index in [-0.39, 0.29) is 17.7 Å². The molecule has 21 heavy (non-hydrogen) atoms. The smallest absolute Gasteiger partial charge is 0.313 e. The Morgan fingerprint density at radius 3 is 2.76 bits per heavy atom. The van der Waals surface area contributed by atoms with Gasteiger partial charge in [0, 0.05) is 18.8 Å². The van der Waals surface area contributed by atoms with Gasteiger partial charge in [-0.2, -0.15) is 0 Å². The summed E-state index contributed by atoms with van der Waals surface area (Å²) in [6, 6.07) is 14.4. The molecule has 1 heterocycles. The molecule has 0 bridgehead atoms. The highest BCUT2D eigenvalue weighted by Gasteiger charge is 2.57. The van der Waals surface area contributed by atoms with Gasteiger partial charge in [0.2, 0.25) is 0 Å². The van der Waals surface area contributed by atoms with Crippen LogP contribution in [0, 0.1) is 11.3 Å². The highest BCUT2D eigenvalue weighted by atomic mass is 16.5. The number of esters is 1. The second-order valence-corrected chi connectivity index (χ2v) is 6.23. The summed E-state index contributed by atoms with van der Waals surface area (Å²) in [5.41, 5.74) is 0.492. The minimum Gasteiger partial charge on any atom is -0.465 e. The third kappa shape index (κ3) is 1.88. The van der Waals surface area contributed by atoms with Crippen molar-refractivity contribution in [1.29, 1.82) is 0 Å². The van der Waals surface area contributed by atoms with Crippen molar-refractivity contribution in [3.05, 3.63) is 48.0 Å². The van der Waals surface area contributed by atoms with Crippen LogP contribution in [0.15, 0.2) is 42.5 Å². The zero-order chi connectivity index (χ0) is 14.4. The van der Waals surface area contributed by atoms with Gasteiger partial charge < -0.3 is 4.74 Å². The number of rotatable bonds is 2. The Morgan fingerprint density at radius 2 is 1.90 bits per heavy atom. The van der Waals surface area contributed by atoms with Gasteiger partial charge in [0.1, 0.15) is 5.78 Å². The van der Waals surface area contributed by atoms with E-state index in [1.807, 2.05) is 12.1 Å².